The summed E-state index contributed by atoms with van der Waals surface area (Å²) in [5.41, 5.74) is 0.767. The lowest BCUT2D eigenvalue weighted by Gasteiger charge is -2.27. The van der Waals surface area contributed by atoms with Gasteiger partial charge in [0.25, 0.3) is 17.7 Å². The van der Waals surface area contributed by atoms with Crippen molar-refractivity contribution in [1.82, 2.24) is 19.4 Å². The number of anilines is 1. The normalized spacial score (nSPS) is 18.1. The van der Waals surface area contributed by atoms with Gasteiger partial charge in [-0.3, -0.25) is 14.4 Å². The highest BCUT2D eigenvalue weighted by atomic mass is 35.5. The Bertz CT molecular complexity index is 1590. The van der Waals surface area contributed by atoms with Crippen LogP contribution >= 0.6 is 11.6 Å². The van der Waals surface area contributed by atoms with Gasteiger partial charge in [-0.15, -0.1) is 0 Å². The number of hydrogen-bond donors (Lipinski definition) is 1. The number of nitrogens with zero attached hydrogens (tertiary/aromatic N) is 5. The number of aromatic nitrogens is 2. The van der Waals surface area contributed by atoms with Crippen LogP contribution in [0.25, 0.3) is 11.3 Å². The molecular weight excluding hydrogens is 582 g/mol. The highest BCUT2D eigenvalue weighted by Crippen LogP contribution is 2.34. The molecule has 0 aliphatic carbocycles. The van der Waals surface area contributed by atoms with E-state index in [1.54, 1.807) is 17.0 Å². The van der Waals surface area contributed by atoms with Gasteiger partial charge >= 0.3 is 0 Å². The number of carbonyl (C=O) groups is 3. The standard InChI is InChI=1S/C30H33ClF2N6O4/c1-36-23(21-8-9-24(43-5)27(33)26(21)32)11-34-28(36)29(41)35-19-6-7-20(22(31)10-19)30(42)38-14-17-12-37(13-18(17)15-38)25(40)16-39(2,3)4/h6-11,17-18H,12-16H2,1-5H3/p+1/t17-,18+. The Morgan fingerprint density at radius 2 is 1.67 bits per heavy atom. The number of ether oxygens (including phenoxy) is 1. The van der Waals surface area contributed by atoms with Gasteiger partial charge in [0.1, 0.15) is 0 Å². The molecule has 2 atom stereocenters. The first kappa shape index (κ1) is 30.4. The molecule has 228 valence electrons. The second kappa shape index (κ2) is 11.6. The van der Waals surface area contributed by atoms with Crippen LogP contribution in [0.5, 0.6) is 5.75 Å². The van der Waals surface area contributed by atoms with Crippen LogP contribution in [-0.4, -0.2) is 103 Å². The van der Waals surface area contributed by atoms with Gasteiger partial charge < -0.3 is 28.9 Å². The molecule has 0 spiro atoms. The molecule has 2 aromatic carbocycles. The van der Waals surface area contributed by atoms with Gasteiger partial charge in [-0.25, -0.2) is 9.37 Å². The van der Waals surface area contributed by atoms with Crippen molar-refractivity contribution in [2.45, 2.75) is 0 Å². The number of hydrogen-bond acceptors (Lipinski definition) is 5. The first-order valence-electron chi connectivity index (χ1n) is 13.8. The van der Waals surface area contributed by atoms with Crippen molar-refractivity contribution in [2.24, 2.45) is 18.9 Å². The molecule has 43 heavy (non-hydrogen) atoms. The molecule has 13 heteroatoms. The number of likely N-dealkylation sites (tertiary alicyclic amines) is 2. The molecule has 2 fully saturated rings. The van der Waals surface area contributed by atoms with E-state index in [2.05, 4.69) is 10.3 Å². The molecule has 0 bridgehead atoms. The van der Waals surface area contributed by atoms with Crippen molar-refractivity contribution >= 4 is 35.0 Å². The fourth-order valence-corrected chi connectivity index (χ4v) is 6.01. The minimum atomic E-state index is -1.14. The van der Waals surface area contributed by atoms with Gasteiger partial charge in [0.05, 0.1) is 50.7 Å². The van der Waals surface area contributed by atoms with Crippen molar-refractivity contribution in [1.29, 1.82) is 0 Å². The van der Waals surface area contributed by atoms with E-state index in [1.807, 2.05) is 26.0 Å². The SMILES string of the molecule is COc1ccc(-c2cnc(C(=O)Nc3ccc(C(=O)N4C[C@H]5CN(C(=O)C[N+](C)(C)C)C[C@H]5C4)c(Cl)c3)n2C)c(F)c1F. The number of halogens is 3. The number of methoxy groups -OCH3 is 1. The lowest BCUT2D eigenvalue weighted by molar-refractivity contribution is -0.862. The number of imidazole rings is 1. The Labute approximate surface area is 253 Å². The zero-order chi connectivity index (χ0) is 31.2. The van der Waals surface area contributed by atoms with E-state index < -0.39 is 17.5 Å². The van der Waals surface area contributed by atoms with Gasteiger partial charge in [0.15, 0.2) is 23.9 Å². The van der Waals surface area contributed by atoms with Crippen LogP contribution in [-0.2, 0) is 11.8 Å². The maximum atomic E-state index is 14.6. The molecule has 2 aliphatic heterocycles. The van der Waals surface area contributed by atoms with Crippen molar-refractivity contribution < 1.29 is 32.4 Å². The minimum Gasteiger partial charge on any atom is -0.494 e. The van der Waals surface area contributed by atoms with Crippen molar-refractivity contribution in [3.8, 4) is 17.0 Å². The smallest absolute Gasteiger partial charge is 0.291 e. The number of likely N-dealkylation sites (N-methyl/N-ethyl adjacent to an activating group) is 1. The van der Waals surface area contributed by atoms with Crippen LogP contribution < -0.4 is 10.1 Å². The number of quaternary nitrogens is 1. The van der Waals surface area contributed by atoms with E-state index in [0.29, 0.717) is 48.5 Å². The maximum Gasteiger partial charge on any atom is 0.291 e. The van der Waals surface area contributed by atoms with Crippen LogP contribution in [0.1, 0.15) is 21.0 Å². The molecule has 1 N–H and O–H groups in total. The summed E-state index contributed by atoms with van der Waals surface area (Å²) < 4.78 is 35.6. The zero-order valence-electron chi connectivity index (χ0n) is 24.7. The number of benzene rings is 2. The van der Waals surface area contributed by atoms with Crippen LogP contribution in [0.15, 0.2) is 36.5 Å². The van der Waals surface area contributed by atoms with Crippen LogP contribution in [0, 0.1) is 23.5 Å². The van der Waals surface area contributed by atoms with Crippen molar-refractivity contribution in [3.63, 3.8) is 0 Å². The summed E-state index contributed by atoms with van der Waals surface area (Å²) in [5, 5.41) is 2.87. The van der Waals surface area contributed by atoms with E-state index in [1.165, 1.54) is 43.1 Å². The number of amides is 3. The van der Waals surface area contributed by atoms with E-state index >= 15 is 0 Å². The average Bonchev–Trinajstić information content (AvgIpc) is 3.62. The van der Waals surface area contributed by atoms with Gasteiger partial charge in [0.2, 0.25) is 5.82 Å². The summed E-state index contributed by atoms with van der Waals surface area (Å²) in [4.78, 5) is 46.7. The van der Waals surface area contributed by atoms with Gasteiger partial charge in [0, 0.05) is 56.3 Å². The number of fused-ring (bicyclic) bond motifs is 1. The Morgan fingerprint density at radius 1 is 1.02 bits per heavy atom. The first-order valence-corrected chi connectivity index (χ1v) is 14.2. The summed E-state index contributed by atoms with van der Waals surface area (Å²) in [6, 6.07) is 7.26. The molecule has 0 radical (unpaired) electrons. The fraction of sp³-hybridized carbons (Fsp3) is 0.400. The molecule has 5 rings (SSSR count). The predicted octanol–water partition coefficient (Wildman–Crippen LogP) is 3.52. The quantitative estimate of drug-likeness (QED) is 0.411. The second-order valence-corrected chi connectivity index (χ2v) is 12.5. The highest BCUT2D eigenvalue weighted by molar-refractivity contribution is 6.34. The Morgan fingerprint density at radius 3 is 2.28 bits per heavy atom. The highest BCUT2D eigenvalue weighted by Gasteiger charge is 2.44. The molecule has 3 aromatic rings. The zero-order valence-corrected chi connectivity index (χ0v) is 25.4. The van der Waals surface area contributed by atoms with Crippen LogP contribution in [0.4, 0.5) is 14.5 Å². The second-order valence-electron chi connectivity index (χ2n) is 12.1. The largest absolute Gasteiger partial charge is 0.494 e. The van der Waals surface area contributed by atoms with E-state index in [-0.39, 0.29) is 51.5 Å². The third-order valence-electron chi connectivity index (χ3n) is 7.93. The molecule has 1 aromatic heterocycles. The minimum absolute atomic E-state index is 0.0421. The third-order valence-corrected chi connectivity index (χ3v) is 8.24. The topological polar surface area (TPSA) is 96.8 Å². The molecule has 2 aliphatic rings. The molecule has 2 saturated heterocycles. The third kappa shape index (κ3) is 6.07. The lowest BCUT2D eigenvalue weighted by atomic mass is 10.0. The number of nitrogens with one attached hydrogen (secondary N) is 1. The fourth-order valence-electron chi connectivity index (χ4n) is 5.75. The molecule has 0 saturated carbocycles. The van der Waals surface area contributed by atoms with Crippen molar-refractivity contribution in [3.05, 3.63) is 64.6 Å². The number of rotatable bonds is 7. The first-order chi connectivity index (χ1) is 20.3. The maximum absolute atomic E-state index is 14.6. The molecule has 10 nitrogen and oxygen atoms in total. The van der Waals surface area contributed by atoms with E-state index in [9.17, 15) is 23.2 Å². The Kier molecular flexibility index (Phi) is 8.19. The van der Waals surface area contributed by atoms with E-state index in [0.717, 1.165) is 0 Å². The number of carbonyl (C=O) groups excluding carboxylic acids is 3. The summed E-state index contributed by atoms with van der Waals surface area (Å²) in [7, 11) is 8.71. The average molecular weight is 616 g/mol. The monoisotopic (exact) mass is 615 g/mol. The molecule has 3 amide bonds. The molecular formula is C30H34ClF2N6O4+. The summed E-state index contributed by atoms with van der Waals surface area (Å²) >= 11 is 6.49. The Hall–Kier alpha value is -4.03. The van der Waals surface area contributed by atoms with Gasteiger partial charge in [-0.2, -0.15) is 4.39 Å². The van der Waals surface area contributed by atoms with Gasteiger partial charge in [-0.1, -0.05) is 11.6 Å². The van der Waals surface area contributed by atoms with Crippen LogP contribution in [0.3, 0.4) is 0 Å². The van der Waals surface area contributed by atoms with Crippen molar-refractivity contribution in [2.75, 3.05) is 66.3 Å². The molecule has 0 unspecified atom stereocenters. The van der Waals surface area contributed by atoms with E-state index in [4.69, 9.17) is 16.3 Å². The Balaban J connectivity index is 1.23. The molecule has 3 heterocycles. The summed E-state index contributed by atoms with van der Waals surface area (Å²) in [5.74, 6) is -2.76. The lowest BCUT2D eigenvalue weighted by Crippen LogP contribution is -2.46. The van der Waals surface area contributed by atoms with Gasteiger partial charge in [-0.05, 0) is 30.3 Å². The summed E-state index contributed by atoms with van der Waals surface area (Å²) in [6.45, 7) is 2.81. The predicted molar refractivity (Wildman–Crippen MR) is 157 cm³/mol. The van der Waals surface area contributed by atoms with Crippen LogP contribution in [0.2, 0.25) is 5.02 Å². The summed E-state index contributed by atoms with van der Waals surface area (Å²) in [6.07, 6.45) is 1.28.